The molecule has 3 heteroatoms. The van der Waals surface area contributed by atoms with Crippen LogP contribution >= 0.6 is 0 Å². The van der Waals surface area contributed by atoms with Gasteiger partial charge in [-0.15, -0.1) is 0 Å². The third-order valence-electron chi connectivity index (χ3n) is 4.92. The van der Waals surface area contributed by atoms with E-state index in [4.69, 9.17) is 0 Å². The van der Waals surface area contributed by atoms with Crippen molar-refractivity contribution in [3.8, 4) is 0 Å². The zero-order chi connectivity index (χ0) is 13.9. The summed E-state index contributed by atoms with van der Waals surface area (Å²) in [5.74, 6) is 1.56. The fourth-order valence-electron chi connectivity index (χ4n) is 3.51. The second-order valence-electron chi connectivity index (χ2n) is 6.33. The molecule has 0 aromatic heterocycles. The summed E-state index contributed by atoms with van der Waals surface area (Å²) in [6.07, 6.45) is 6.05. The first kappa shape index (κ1) is 13.5. The van der Waals surface area contributed by atoms with Crippen LogP contribution in [-0.4, -0.2) is 18.5 Å². The highest BCUT2D eigenvalue weighted by molar-refractivity contribution is 5.87. The number of amides is 1. The predicted molar refractivity (Wildman–Crippen MR) is 81.7 cm³/mol. The van der Waals surface area contributed by atoms with E-state index in [0.717, 1.165) is 24.6 Å². The molecule has 1 heterocycles. The van der Waals surface area contributed by atoms with Crippen LogP contribution in [0.2, 0.25) is 0 Å². The van der Waals surface area contributed by atoms with Crippen molar-refractivity contribution < 1.29 is 4.79 Å². The summed E-state index contributed by atoms with van der Waals surface area (Å²) in [5, 5.41) is 6.48. The molecule has 20 heavy (non-hydrogen) atoms. The average molecular weight is 272 g/mol. The lowest BCUT2D eigenvalue weighted by Crippen LogP contribution is -2.42. The molecule has 2 N–H and O–H groups in total. The zero-order valence-corrected chi connectivity index (χ0v) is 12.2. The van der Waals surface area contributed by atoms with E-state index in [0.29, 0.717) is 5.92 Å². The van der Waals surface area contributed by atoms with Crippen molar-refractivity contribution in [2.45, 2.75) is 45.1 Å². The predicted octanol–water partition coefficient (Wildman–Crippen LogP) is 2.97. The van der Waals surface area contributed by atoms with Gasteiger partial charge in [-0.2, -0.15) is 0 Å². The lowest BCUT2D eigenvalue weighted by Gasteiger charge is -2.29. The second-order valence-corrected chi connectivity index (χ2v) is 6.33. The minimum Gasteiger partial charge on any atom is -0.373 e. The molecule has 2 unspecified atom stereocenters. The standard InChI is InChI=1S/C17H24N2O/c1-12-6-2-3-8-14(12)11-18-17(20)16-10-13-7-4-5-9-15(13)19-16/h4-5,7,9,12,14,16,19H,2-3,6,8,10-11H2,1H3,(H,18,20)/t12?,14?,16-/m0/s1. The number of fused-ring (bicyclic) bond motifs is 1. The molecule has 3 rings (SSSR count). The Balaban J connectivity index is 1.51. The van der Waals surface area contributed by atoms with Gasteiger partial charge in [0.25, 0.3) is 0 Å². The van der Waals surface area contributed by atoms with Crippen LogP contribution in [0.4, 0.5) is 5.69 Å². The van der Waals surface area contributed by atoms with Gasteiger partial charge in [0, 0.05) is 18.7 Å². The highest BCUT2D eigenvalue weighted by Crippen LogP contribution is 2.29. The molecule has 1 fully saturated rings. The highest BCUT2D eigenvalue weighted by atomic mass is 16.2. The van der Waals surface area contributed by atoms with Crippen LogP contribution < -0.4 is 10.6 Å². The minimum absolute atomic E-state index is 0.0914. The normalized spacial score (nSPS) is 28.6. The number of hydrogen-bond donors (Lipinski definition) is 2. The lowest BCUT2D eigenvalue weighted by molar-refractivity contribution is -0.122. The van der Waals surface area contributed by atoms with E-state index in [1.165, 1.54) is 31.2 Å². The Hall–Kier alpha value is -1.51. The van der Waals surface area contributed by atoms with Crippen molar-refractivity contribution >= 4 is 11.6 Å². The molecule has 1 aromatic rings. The van der Waals surface area contributed by atoms with E-state index < -0.39 is 0 Å². The van der Waals surface area contributed by atoms with Gasteiger partial charge >= 0.3 is 0 Å². The number of carbonyl (C=O) groups is 1. The molecule has 2 aliphatic rings. The van der Waals surface area contributed by atoms with E-state index in [2.05, 4.69) is 23.6 Å². The smallest absolute Gasteiger partial charge is 0.242 e. The van der Waals surface area contributed by atoms with E-state index in [-0.39, 0.29) is 11.9 Å². The Morgan fingerprint density at radius 3 is 2.90 bits per heavy atom. The molecule has 1 amide bonds. The quantitative estimate of drug-likeness (QED) is 0.888. The Bertz CT molecular complexity index is 461. The SMILES string of the molecule is CC1CCCCC1CNC(=O)[C@@H]1Cc2ccccc2N1. The summed E-state index contributed by atoms with van der Waals surface area (Å²) >= 11 is 0. The van der Waals surface area contributed by atoms with Crippen LogP contribution in [-0.2, 0) is 11.2 Å². The summed E-state index contributed by atoms with van der Waals surface area (Å²) < 4.78 is 0. The van der Waals surface area contributed by atoms with Gasteiger partial charge in [0.2, 0.25) is 5.91 Å². The van der Waals surface area contributed by atoms with Gasteiger partial charge in [0.05, 0.1) is 0 Å². The van der Waals surface area contributed by atoms with Gasteiger partial charge in [-0.1, -0.05) is 44.4 Å². The minimum atomic E-state index is -0.0914. The molecule has 1 aliphatic carbocycles. The van der Waals surface area contributed by atoms with E-state index >= 15 is 0 Å². The number of nitrogens with one attached hydrogen (secondary N) is 2. The first-order valence-electron chi connectivity index (χ1n) is 7.86. The number of hydrogen-bond acceptors (Lipinski definition) is 2. The van der Waals surface area contributed by atoms with E-state index in [1.807, 2.05) is 18.2 Å². The molecule has 0 spiro atoms. The van der Waals surface area contributed by atoms with Crippen molar-refractivity contribution in [2.24, 2.45) is 11.8 Å². The van der Waals surface area contributed by atoms with Crippen molar-refractivity contribution in [2.75, 3.05) is 11.9 Å². The molecule has 3 atom stereocenters. The van der Waals surface area contributed by atoms with Crippen molar-refractivity contribution in [3.05, 3.63) is 29.8 Å². The fourth-order valence-corrected chi connectivity index (χ4v) is 3.51. The molecular weight excluding hydrogens is 248 g/mol. The van der Waals surface area contributed by atoms with E-state index in [9.17, 15) is 4.79 Å². The summed E-state index contributed by atoms with van der Waals surface area (Å²) in [6.45, 7) is 3.16. The summed E-state index contributed by atoms with van der Waals surface area (Å²) in [4.78, 5) is 12.3. The Labute approximate surface area is 121 Å². The maximum atomic E-state index is 12.3. The number of para-hydroxylation sites is 1. The Morgan fingerprint density at radius 2 is 2.10 bits per heavy atom. The van der Waals surface area contributed by atoms with Gasteiger partial charge in [-0.05, 0) is 29.9 Å². The van der Waals surface area contributed by atoms with Gasteiger partial charge in [-0.25, -0.2) is 0 Å². The van der Waals surface area contributed by atoms with Crippen molar-refractivity contribution in [1.29, 1.82) is 0 Å². The van der Waals surface area contributed by atoms with Gasteiger partial charge in [0.1, 0.15) is 6.04 Å². The Kier molecular flexibility index (Phi) is 3.95. The Morgan fingerprint density at radius 1 is 1.30 bits per heavy atom. The second kappa shape index (κ2) is 5.86. The highest BCUT2D eigenvalue weighted by Gasteiger charge is 2.27. The maximum absolute atomic E-state index is 12.3. The van der Waals surface area contributed by atoms with Crippen molar-refractivity contribution in [1.82, 2.24) is 5.32 Å². The van der Waals surface area contributed by atoms with Gasteiger partial charge in [0.15, 0.2) is 0 Å². The number of anilines is 1. The van der Waals surface area contributed by atoms with E-state index in [1.54, 1.807) is 0 Å². The van der Waals surface area contributed by atoms with Crippen LogP contribution in [0.5, 0.6) is 0 Å². The summed E-state index contributed by atoms with van der Waals surface area (Å²) in [6, 6.07) is 8.09. The molecule has 1 aromatic carbocycles. The summed E-state index contributed by atoms with van der Waals surface area (Å²) in [7, 11) is 0. The van der Waals surface area contributed by atoms with Crippen LogP contribution in [0.25, 0.3) is 0 Å². The molecule has 0 bridgehead atoms. The third-order valence-corrected chi connectivity index (χ3v) is 4.92. The molecular formula is C17H24N2O. The van der Waals surface area contributed by atoms with Crippen LogP contribution in [0, 0.1) is 11.8 Å². The molecule has 3 nitrogen and oxygen atoms in total. The molecule has 1 aliphatic heterocycles. The number of rotatable bonds is 3. The monoisotopic (exact) mass is 272 g/mol. The van der Waals surface area contributed by atoms with Crippen LogP contribution in [0.1, 0.15) is 38.2 Å². The number of benzene rings is 1. The third kappa shape index (κ3) is 2.82. The zero-order valence-electron chi connectivity index (χ0n) is 12.2. The van der Waals surface area contributed by atoms with Crippen LogP contribution in [0.15, 0.2) is 24.3 Å². The largest absolute Gasteiger partial charge is 0.373 e. The molecule has 0 saturated heterocycles. The average Bonchev–Trinajstić information content (AvgIpc) is 2.90. The first-order valence-corrected chi connectivity index (χ1v) is 7.86. The lowest BCUT2D eigenvalue weighted by atomic mass is 9.80. The van der Waals surface area contributed by atoms with Gasteiger partial charge < -0.3 is 10.6 Å². The van der Waals surface area contributed by atoms with Crippen LogP contribution in [0.3, 0.4) is 0 Å². The van der Waals surface area contributed by atoms with Crippen molar-refractivity contribution in [3.63, 3.8) is 0 Å². The molecule has 108 valence electrons. The van der Waals surface area contributed by atoms with Gasteiger partial charge in [-0.3, -0.25) is 4.79 Å². The first-order chi connectivity index (χ1) is 9.74. The number of carbonyl (C=O) groups excluding carboxylic acids is 1. The maximum Gasteiger partial charge on any atom is 0.242 e. The fraction of sp³-hybridized carbons (Fsp3) is 0.588. The molecule has 1 saturated carbocycles. The topological polar surface area (TPSA) is 41.1 Å². The summed E-state index contributed by atoms with van der Waals surface area (Å²) in [5.41, 5.74) is 2.36. The molecule has 0 radical (unpaired) electrons.